The molecule has 26 heavy (non-hydrogen) atoms. The van der Waals surface area contributed by atoms with E-state index in [2.05, 4.69) is 46.7 Å². The third kappa shape index (κ3) is 3.92. The fourth-order valence-electron chi connectivity index (χ4n) is 3.60. The molecule has 1 fully saturated rings. The SMILES string of the molecule is Cl.O=C1[C@@H](Cc2c[nH]c3ccccc23)NCCN1CCc1ccccc1. The number of carbonyl (C=O) groups excluding carboxylic acids is 1. The predicted octanol–water partition coefficient (Wildman–Crippen LogP) is 3.18. The normalized spacial score (nSPS) is 17.3. The summed E-state index contributed by atoms with van der Waals surface area (Å²) < 4.78 is 0. The highest BCUT2D eigenvalue weighted by molar-refractivity contribution is 5.86. The number of para-hydroxylation sites is 1. The van der Waals surface area contributed by atoms with Gasteiger partial charge in [-0.3, -0.25) is 4.79 Å². The van der Waals surface area contributed by atoms with Crippen molar-refractivity contribution >= 4 is 29.2 Å². The standard InChI is InChI=1S/C21H23N3O.ClH/c25-21-20(14-17-15-23-19-9-5-4-8-18(17)19)22-11-13-24(21)12-10-16-6-2-1-3-7-16;/h1-9,15,20,22-23H,10-14H2;1H/t20-;/m1./s1. The molecule has 136 valence electrons. The monoisotopic (exact) mass is 369 g/mol. The maximum atomic E-state index is 12.9. The molecule has 0 saturated carbocycles. The van der Waals surface area contributed by atoms with Gasteiger partial charge in [-0.2, -0.15) is 0 Å². The molecule has 1 aliphatic rings. The Bertz CT molecular complexity index is 862. The first kappa shape index (κ1) is 18.5. The van der Waals surface area contributed by atoms with Gasteiger partial charge in [0, 0.05) is 36.7 Å². The molecule has 1 aromatic heterocycles. The Balaban J connectivity index is 0.00000196. The molecule has 1 saturated heterocycles. The molecule has 5 heteroatoms. The number of hydrogen-bond acceptors (Lipinski definition) is 2. The number of rotatable bonds is 5. The van der Waals surface area contributed by atoms with Crippen molar-refractivity contribution in [2.24, 2.45) is 0 Å². The molecule has 4 nitrogen and oxygen atoms in total. The van der Waals surface area contributed by atoms with Crippen molar-refractivity contribution < 1.29 is 4.79 Å². The minimum Gasteiger partial charge on any atom is -0.361 e. The van der Waals surface area contributed by atoms with E-state index in [0.29, 0.717) is 0 Å². The van der Waals surface area contributed by atoms with Gasteiger partial charge in [-0.25, -0.2) is 0 Å². The summed E-state index contributed by atoms with van der Waals surface area (Å²) in [6, 6.07) is 18.5. The molecule has 1 amide bonds. The fraction of sp³-hybridized carbons (Fsp3) is 0.286. The largest absolute Gasteiger partial charge is 0.361 e. The molecule has 3 aromatic rings. The Morgan fingerprint density at radius 3 is 2.65 bits per heavy atom. The number of amides is 1. The molecule has 2 heterocycles. The van der Waals surface area contributed by atoms with E-state index in [1.807, 2.05) is 29.3 Å². The Morgan fingerprint density at radius 1 is 1.04 bits per heavy atom. The van der Waals surface area contributed by atoms with Gasteiger partial charge >= 0.3 is 0 Å². The topological polar surface area (TPSA) is 48.1 Å². The first-order valence-corrected chi connectivity index (χ1v) is 8.92. The van der Waals surface area contributed by atoms with Crippen molar-refractivity contribution in [3.05, 3.63) is 71.9 Å². The molecule has 2 aromatic carbocycles. The van der Waals surface area contributed by atoms with E-state index in [1.165, 1.54) is 16.5 Å². The number of fused-ring (bicyclic) bond motifs is 1. The van der Waals surface area contributed by atoms with E-state index < -0.39 is 0 Å². The first-order valence-electron chi connectivity index (χ1n) is 8.92. The number of aromatic amines is 1. The highest BCUT2D eigenvalue weighted by Gasteiger charge is 2.28. The van der Waals surface area contributed by atoms with Gasteiger partial charge in [-0.1, -0.05) is 48.5 Å². The van der Waals surface area contributed by atoms with E-state index in [9.17, 15) is 4.79 Å². The molecule has 0 spiro atoms. The van der Waals surface area contributed by atoms with Crippen LogP contribution < -0.4 is 5.32 Å². The number of carbonyl (C=O) groups is 1. The fourth-order valence-corrected chi connectivity index (χ4v) is 3.60. The van der Waals surface area contributed by atoms with Gasteiger partial charge in [0.15, 0.2) is 0 Å². The Morgan fingerprint density at radius 2 is 1.81 bits per heavy atom. The number of benzene rings is 2. The van der Waals surface area contributed by atoms with E-state index >= 15 is 0 Å². The van der Waals surface area contributed by atoms with Crippen LogP contribution in [0.1, 0.15) is 11.1 Å². The van der Waals surface area contributed by atoms with E-state index in [4.69, 9.17) is 0 Å². The number of nitrogens with one attached hydrogen (secondary N) is 2. The number of hydrogen-bond donors (Lipinski definition) is 2. The summed E-state index contributed by atoms with van der Waals surface area (Å²) in [6.45, 7) is 2.43. The molecule has 0 radical (unpaired) electrons. The van der Waals surface area contributed by atoms with Crippen molar-refractivity contribution in [1.29, 1.82) is 0 Å². The lowest BCUT2D eigenvalue weighted by molar-refractivity contribution is -0.135. The minimum atomic E-state index is -0.135. The van der Waals surface area contributed by atoms with Crippen molar-refractivity contribution in [3.8, 4) is 0 Å². The zero-order chi connectivity index (χ0) is 17.1. The highest BCUT2D eigenvalue weighted by atomic mass is 35.5. The minimum absolute atomic E-state index is 0. The lowest BCUT2D eigenvalue weighted by atomic mass is 10.0. The second-order valence-electron chi connectivity index (χ2n) is 6.63. The van der Waals surface area contributed by atoms with Gasteiger partial charge in [0.2, 0.25) is 5.91 Å². The third-order valence-electron chi connectivity index (χ3n) is 4.99. The third-order valence-corrected chi connectivity index (χ3v) is 4.99. The summed E-state index contributed by atoms with van der Waals surface area (Å²) >= 11 is 0. The molecule has 0 aliphatic carbocycles. The van der Waals surface area contributed by atoms with Crippen molar-refractivity contribution in [2.75, 3.05) is 19.6 Å². The highest BCUT2D eigenvalue weighted by Crippen LogP contribution is 2.20. The van der Waals surface area contributed by atoms with Crippen molar-refractivity contribution in [3.63, 3.8) is 0 Å². The lowest BCUT2D eigenvalue weighted by Crippen LogP contribution is -2.56. The van der Waals surface area contributed by atoms with Gasteiger partial charge in [0.1, 0.15) is 0 Å². The number of piperazine rings is 1. The molecule has 0 bridgehead atoms. The smallest absolute Gasteiger partial charge is 0.240 e. The summed E-state index contributed by atoms with van der Waals surface area (Å²) in [5, 5.41) is 4.60. The van der Waals surface area contributed by atoms with Gasteiger partial charge in [0.25, 0.3) is 0 Å². The first-order chi connectivity index (χ1) is 12.3. The van der Waals surface area contributed by atoms with Crippen LogP contribution in [0.3, 0.4) is 0 Å². The van der Waals surface area contributed by atoms with Crippen LogP contribution in [0.15, 0.2) is 60.8 Å². The van der Waals surface area contributed by atoms with Crippen LogP contribution in [0.2, 0.25) is 0 Å². The number of halogens is 1. The Hall–Kier alpha value is -2.30. The van der Waals surface area contributed by atoms with E-state index in [1.54, 1.807) is 0 Å². The maximum Gasteiger partial charge on any atom is 0.240 e. The average Bonchev–Trinajstić information content (AvgIpc) is 3.06. The Kier molecular flexibility index (Phi) is 5.96. The van der Waals surface area contributed by atoms with Crippen LogP contribution in [-0.4, -0.2) is 41.5 Å². The molecule has 1 aliphatic heterocycles. The summed E-state index contributed by atoms with van der Waals surface area (Å²) in [7, 11) is 0. The lowest BCUT2D eigenvalue weighted by Gasteiger charge is -2.33. The van der Waals surface area contributed by atoms with Gasteiger partial charge in [0.05, 0.1) is 6.04 Å². The van der Waals surface area contributed by atoms with E-state index in [0.717, 1.165) is 38.0 Å². The molecule has 4 rings (SSSR count). The second-order valence-corrected chi connectivity index (χ2v) is 6.63. The van der Waals surface area contributed by atoms with Gasteiger partial charge in [-0.15, -0.1) is 12.4 Å². The Labute approximate surface area is 160 Å². The zero-order valence-corrected chi connectivity index (χ0v) is 15.5. The summed E-state index contributed by atoms with van der Waals surface area (Å²) in [5.41, 5.74) is 3.61. The van der Waals surface area contributed by atoms with Crippen LogP contribution >= 0.6 is 12.4 Å². The van der Waals surface area contributed by atoms with Gasteiger partial charge < -0.3 is 15.2 Å². The van der Waals surface area contributed by atoms with Gasteiger partial charge in [-0.05, 0) is 30.0 Å². The van der Waals surface area contributed by atoms with Crippen LogP contribution in [-0.2, 0) is 17.6 Å². The second kappa shape index (κ2) is 8.39. The molecule has 1 atom stereocenters. The summed E-state index contributed by atoms with van der Waals surface area (Å²) in [5.74, 6) is 0.215. The quantitative estimate of drug-likeness (QED) is 0.725. The van der Waals surface area contributed by atoms with Crippen LogP contribution in [0.4, 0.5) is 0 Å². The summed E-state index contributed by atoms with van der Waals surface area (Å²) in [4.78, 5) is 18.2. The number of H-pyrrole nitrogens is 1. The van der Waals surface area contributed by atoms with Crippen molar-refractivity contribution in [2.45, 2.75) is 18.9 Å². The average molecular weight is 370 g/mol. The van der Waals surface area contributed by atoms with Crippen LogP contribution in [0.5, 0.6) is 0 Å². The molecule has 2 N–H and O–H groups in total. The van der Waals surface area contributed by atoms with Crippen LogP contribution in [0, 0.1) is 0 Å². The zero-order valence-electron chi connectivity index (χ0n) is 14.7. The molecular weight excluding hydrogens is 346 g/mol. The number of aromatic nitrogens is 1. The van der Waals surface area contributed by atoms with Crippen molar-refractivity contribution in [1.82, 2.24) is 15.2 Å². The molecule has 0 unspecified atom stereocenters. The van der Waals surface area contributed by atoms with Crippen LogP contribution in [0.25, 0.3) is 10.9 Å². The summed E-state index contributed by atoms with van der Waals surface area (Å²) in [6.07, 6.45) is 3.67. The maximum absolute atomic E-state index is 12.9. The molecular formula is C21H24ClN3O. The van der Waals surface area contributed by atoms with E-state index in [-0.39, 0.29) is 24.4 Å². The predicted molar refractivity (Wildman–Crippen MR) is 108 cm³/mol. The number of nitrogens with zero attached hydrogens (tertiary/aromatic N) is 1.